The first-order chi connectivity index (χ1) is 8.10. The van der Waals surface area contributed by atoms with Gasteiger partial charge in [-0.25, -0.2) is 4.98 Å². The third-order valence-corrected chi connectivity index (χ3v) is 2.90. The fourth-order valence-corrected chi connectivity index (χ4v) is 2.18. The van der Waals surface area contributed by atoms with E-state index in [0.29, 0.717) is 25.2 Å². The molecule has 6 nitrogen and oxygen atoms in total. The summed E-state index contributed by atoms with van der Waals surface area (Å²) < 4.78 is 0. The molecule has 0 aliphatic carbocycles. The second kappa shape index (κ2) is 4.83. The highest BCUT2D eigenvalue weighted by atomic mass is 16.2. The van der Waals surface area contributed by atoms with Crippen molar-refractivity contribution in [3.63, 3.8) is 0 Å². The summed E-state index contributed by atoms with van der Waals surface area (Å²) in [4.78, 5) is 18.2. The van der Waals surface area contributed by atoms with E-state index in [1.165, 1.54) is 0 Å². The molecule has 0 saturated carbocycles. The molecule has 6 heteroatoms. The van der Waals surface area contributed by atoms with Gasteiger partial charge in [0.2, 0.25) is 5.82 Å². The van der Waals surface area contributed by atoms with Crippen LogP contribution in [0.1, 0.15) is 37.2 Å². The van der Waals surface area contributed by atoms with Gasteiger partial charge in [-0.1, -0.05) is 6.92 Å². The van der Waals surface area contributed by atoms with Gasteiger partial charge in [0.05, 0.1) is 0 Å². The standard InChI is InChI=1S/C11H19N5O/c1-4-9-13-10(15-14-9)11(17)16-5-7(2)12-8(3)6-16/h7-8,12H,4-6H2,1-3H3,(H,13,14,15). The molecule has 1 aliphatic heterocycles. The van der Waals surface area contributed by atoms with Gasteiger partial charge >= 0.3 is 0 Å². The number of rotatable bonds is 2. The summed E-state index contributed by atoms with van der Waals surface area (Å²) in [5.74, 6) is 0.953. The summed E-state index contributed by atoms with van der Waals surface area (Å²) in [6.07, 6.45) is 0.759. The van der Waals surface area contributed by atoms with E-state index in [2.05, 4.69) is 34.3 Å². The van der Waals surface area contributed by atoms with Gasteiger partial charge in [-0.2, -0.15) is 0 Å². The number of aryl methyl sites for hydroxylation is 1. The second-order valence-corrected chi connectivity index (χ2v) is 4.64. The van der Waals surface area contributed by atoms with E-state index >= 15 is 0 Å². The van der Waals surface area contributed by atoms with Gasteiger partial charge in [0, 0.05) is 31.6 Å². The van der Waals surface area contributed by atoms with Crippen molar-refractivity contribution in [2.24, 2.45) is 0 Å². The van der Waals surface area contributed by atoms with Crippen LogP contribution >= 0.6 is 0 Å². The first-order valence-corrected chi connectivity index (χ1v) is 6.06. The average molecular weight is 237 g/mol. The normalized spacial score (nSPS) is 25.0. The molecular weight excluding hydrogens is 218 g/mol. The molecule has 0 spiro atoms. The molecule has 1 saturated heterocycles. The van der Waals surface area contributed by atoms with Crippen molar-refractivity contribution in [3.05, 3.63) is 11.6 Å². The Bertz CT molecular complexity index is 392. The summed E-state index contributed by atoms with van der Waals surface area (Å²) in [7, 11) is 0. The molecule has 1 amide bonds. The second-order valence-electron chi connectivity index (χ2n) is 4.64. The van der Waals surface area contributed by atoms with Crippen molar-refractivity contribution in [2.45, 2.75) is 39.3 Å². The lowest BCUT2D eigenvalue weighted by Crippen LogP contribution is -2.56. The number of hydrogen-bond donors (Lipinski definition) is 2. The predicted octanol–water partition coefficient (Wildman–Crippen LogP) is 0.190. The quantitative estimate of drug-likeness (QED) is 0.770. The van der Waals surface area contributed by atoms with Crippen LogP contribution in [0, 0.1) is 0 Å². The van der Waals surface area contributed by atoms with Gasteiger partial charge in [0.1, 0.15) is 5.82 Å². The third kappa shape index (κ3) is 2.63. The van der Waals surface area contributed by atoms with Crippen molar-refractivity contribution < 1.29 is 4.79 Å². The zero-order chi connectivity index (χ0) is 12.4. The lowest BCUT2D eigenvalue weighted by atomic mass is 10.1. The van der Waals surface area contributed by atoms with E-state index in [1.54, 1.807) is 0 Å². The molecule has 2 heterocycles. The van der Waals surface area contributed by atoms with Crippen molar-refractivity contribution in [1.29, 1.82) is 0 Å². The first-order valence-electron chi connectivity index (χ1n) is 6.06. The summed E-state index contributed by atoms with van der Waals surface area (Å²) >= 11 is 0. The lowest BCUT2D eigenvalue weighted by molar-refractivity contribution is 0.0662. The molecule has 17 heavy (non-hydrogen) atoms. The third-order valence-electron chi connectivity index (χ3n) is 2.90. The smallest absolute Gasteiger partial charge is 0.293 e. The van der Waals surface area contributed by atoms with Gasteiger partial charge in [0.25, 0.3) is 5.91 Å². The number of hydrogen-bond acceptors (Lipinski definition) is 4. The highest BCUT2D eigenvalue weighted by molar-refractivity contribution is 5.90. The monoisotopic (exact) mass is 237 g/mol. The Kier molecular flexibility index (Phi) is 3.42. The summed E-state index contributed by atoms with van der Waals surface area (Å²) in [6.45, 7) is 7.54. The molecule has 0 aromatic carbocycles. The van der Waals surface area contributed by atoms with Crippen LogP contribution < -0.4 is 5.32 Å². The molecule has 2 unspecified atom stereocenters. The minimum atomic E-state index is -0.0823. The number of aromatic amines is 1. The number of carbonyl (C=O) groups is 1. The van der Waals surface area contributed by atoms with E-state index in [-0.39, 0.29) is 11.7 Å². The maximum absolute atomic E-state index is 12.2. The van der Waals surface area contributed by atoms with Gasteiger partial charge in [-0.15, -0.1) is 5.10 Å². The van der Waals surface area contributed by atoms with Crippen LogP contribution in [0.5, 0.6) is 0 Å². The van der Waals surface area contributed by atoms with Crippen molar-refractivity contribution >= 4 is 5.91 Å². The van der Waals surface area contributed by atoms with Gasteiger partial charge in [0.15, 0.2) is 0 Å². The summed E-state index contributed by atoms with van der Waals surface area (Å²) in [6, 6.07) is 0.625. The number of H-pyrrole nitrogens is 1. The number of amides is 1. The Balaban J connectivity index is 2.08. The Morgan fingerprint density at radius 2 is 2.06 bits per heavy atom. The molecule has 0 radical (unpaired) electrons. The zero-order valence-corrected chi connectivity index (χ0v) is 10.5. The van der Waals surface area contributed by atoms with E-state index in [4.69, 9.17) is 0 Å². The van der Waals surface area contributed by atoms with E-state index in [9.17, 15) is 4.79 Å². The summed E-state index contributed by atoms with van der Waals surface area (Å²) in [5, 5.41) is 10.1. The Labute approximate surface area is 101 Å². The minimum absolute atomic E-state index is 0.0823. The largest absolute Gasteiger partial charge is 0.333 e. The molecule has 2 rings (SSSR count). The van der Waals surface area contributed by atoms with Crippen LogP contribution in [-0.4, -0.2) is 51.2 Å². The van der Waals surface area contributed by atoms with Crippen LogP contribution in [0.3, 0.4) is 0 Å². The first kappa shape index (κ1) is 12.0. The van der Waals surface area contributed by atoms with E-state index in [1.807, 2.05) is 11.8 Å². The number of piperazine rings is 1. The summed E-state index contributed by atoms with van der Waals surface area (Å²) in [5.41, 5.74) is 0. The van der Waals surface area contributed by atoms with Gasteiger partial charge < -0.3 is 10.2 Å². The van der Waals surface area contributed by atoms with Crippen LogP contribution in [0.2, 0.25) is 0 Å². The number of nitrogens with one attached hydrogen (secondary N) is 2. The fourth-order valence-electron chi connectivity index (χ4n) is 2.18. The van der Waals surface area contributed by atoms with Gasteiger partial charge in [-0.3, -0.25) is 9.89 Å². The average Bonchev–Trinajstić information content (AvgIpc) is 2.75. The number of nitrogens with zero attached hydrogens (tertiary/aromatic N) is 3. The predicted molar refractivity (Wildman–Crippen MR) is 63.7 cm³/mol. The Morgan fingerprint density at radius 3 is 2.59 bits per heavy atom. The Hall–Kier alpha value is -1.43. The lowest BCUT2D eigenvalue weighted by Gasteiger charge is -2.35. The van der Waals surface area contributed by atoms with Crippen molar-refractivity contribution in [2.75, 3.05) is 13.1 Å². The van der Waals surface area contributed by atoms with Gasteiger partial charge in [-0.05, 0) is 13.8 Å². The maximum Gasteiger partial charge on any atom is 0.293 e. The maximum atomic E-state index is 12.2. The molecule has 1 fully saturated rings. The highest BCUT2D eigenvalue weighted by Gasteiger charge is 2.27. The molecule has 94 valence electrons. The van der Waals surface area contributed by atoms with E-state index < -0.39 is 0 Å². The fraction of sp³-hybridized carbons (Fsp3) is 0.727. The Morgan fingerprint density at radius 1 is 1.41 bits per heavy atom. The molecule has 2 atom stereocenters. The molecule has 1 aliphatic rings. The highest BCUT2D eigenvalue weighted by Crippen LogP contribution is 2.07. The van der Waals surface area contributed by atoms with Crippen molar-refractivity contribution in [1.82, 2.24) is 25.4 Å². The van der Waals surface area contributed by atoms with Crippen LogP contribution in [0.4, 0.5) is 0 Å². The topological polar surface area (TPSA) is 73.9 Å². The zero-order valence-electron chi connectivity index (χ0n) is 10.5. The van der Waals surface area contributed by atoms with Crippen LogP contribution in [0.15, 0.2) is 0 Å². The molecule has 0 bridgehead atoms. The number of carbonyl (C=O) groups excluding carboxylic acids is 1. The molecule has 2 N–H and O–H groups in total. The number of aromatic nitrogens is 3. The SMILES string of the molecule is CCc1nc(C(=O)N2CC(C)NC(C)C2)n[nH]1. The van der Waals surface area contributed by atoms with E-state index in [0.717, 1.165) is 12.2 Å². The van der Waals surface area contributed by atoms with Crippen LogP contribution in [-0.2, 0) is 6.42 Å². The van der Waals surface area contributed by atoms with Crippen LogP contribution in [0.25, 0.3) is 0 Å². The molecule has 1 aromatic rings. The molecular formula is C11H19N5O. The molecule has 1 aromatic heterocycles. The van der Waals surface area contributed by atoms with Crippen molar-refractivity contribution in [3.8, 4) is 0 Å². The minimum Gasteiger partial charge on any atom is -0.333 e.